The van der Waals surface area contributed by atoms with E-state index in [0.29, 0.717) is 0 Å². The van der Waals surface area contributed by atoms with Gasteiger partial charge in [0.25, 0.3) is 0 Å². The Balaban J connectivity index is 2.07. The molecule has 96 valence electrons. The van der Waals surface area contributed by atoms with Gasteiger partial charge in [0.15, 0.2) is 0 Å². The highest BCUT2D eigenvalue weighted by Gasteiger charge is 2.05. The largest absolute Gasteiger partial charge is 0.380 e. The van der Waals surface area contributed by atoms with Gasteiger partial charge < -0.3 is 10.2 Å². The quantitative estimate of drug-likeness (QED) is 0.896. The lowest BCUT2D eigenvalue weighted by molar-refractivity contribution is 0.403. The fourth-order valence-corrected chi connectivity index (χ4v) is 2.56. The Kier molecular flexibility index (Phi) is 4.33. The first-order valence-electron chi connectivity index (χ1n) is 6.02. The van der Waals surface area contributed by atoms with Crippen molar-refractivity contribution in [2.75, 3.05) is 19.4 Å². The van der Waals surface area contributed by atoms with Crippen LogP contribution in [0.4, 0.5) is 5.69 Å². The van der Waals surface area contributed by atoms with E-state index in [0.717, 1.165) is 18.8 Å². The van der Waals surface area contributed by atoms with Crippen LogP contribution in [0.5, 0.6) is 0 Å². The van der Waals surface area contributed by atoms with Gasteiger partial charge in [-0.05, 0) is 32.6 Å². The molecule has 18 heavy (non-hydrogen) atoms. The first kappa shape index (κ1) is 13.1. The number of aryl methyl sites for hydroxylation is 1. The van der Waals surface area contributed by atoms with E-state index in [1.807, 2.05) is 5.51 Å². The van der Waals surface area contributed by atoms with Gasteiger partial charge in [-0.15, -0.1) is 11.3 Å². The van der Waals surface area contributed by atoms with Crippen LogP contribution in [-0.2, 0) is 13.1 Å². The van der Waals surface area contributed by atoms with Gasteiger partial charge in [0.2, 0.25) is 0 Å². The second-order valence-electron chi connectivity index (χ2n) is 4.61. The van der Waals surface area contributed by atoms with Gasteiger partial charge in [-0.25, -0.2) is 4.98 Å². The van der Waals surface area contributed by atoms with Crippen LogP contribution >= 0.6 is 11.3 Å². The van der Waals surface area contributed by atoms with Crippen molar-refractivity contribution in [1.29, 1.82) is 0 Å². The van der Waals surface area contributed by atoms with Gasteiger partial charge in [0, 0.05) is 17.1 Å². The number of nitrogens with one attached hydrogen (secondary N) is 1. The molecule has 0 aliphatic heterocycles. The van der Waals surface area contributed by atoms with E-state index >= 15 is 0 Å². The van der Waals surface area contributed by atoms with Crippen molar-refractivity contribution < 1.29 is 0 Å². The van der Waals surface area contributed by atoms with Crippen molar-refractivity contribution in [3.8, 4) is 0 Å². The Morgan fingerprint density at radius 3 is 2.72 bits per heavy atom. The third-order valence-corrected chi connectivity index (χ3v) is 3.72. The molecule has 3 nitrogen and oxygen atoms in total. The van der Waals surface area contributed by atoms with Gasteiger partial charge >= 0.3 is 0 Å². The van der Waals surface area contributed by atoms with Crippen molar-refractivity contribution in [1.82, 2.24) is 9.88 Å². The minimum atomic E-state index is 0.848. The van der Waals surface area contributed by atoms with Crippen LogP contribution in [0.2, 0.25) is 0 Å². The standard InChI is InChI=1S/C14H19N3S/c1-11-14(18-10-16-11)8-15-13-7-5-4-6-12(13)9-17(2)3/h4-7,10,15H,8-9H2,1-3H3. The fourth-order valence-electron chi connectivity index (χ4n) is 1.84. The Hall–Kier alpha value is -1.39. The molecule has 4 heteroatoms. The summed E-state index contributed by atoms with van der Waals surface area (Å²) >= 11 is 1.70. The predicted octanol–water partition coefficient (Wildman–Crippen LogP) is 3.13. The number of benzene rings is 1. The third-order valence-electron chi connectivity index (χ3n) is 2.79. The minimum Gasteiger partial charge on any atom is -0.380 e. The summed E-state index contributed by atoms with van der Waals surface area (Å²) in [5.74, 6) is 0. The molecule has 1 heterocycles. The first-order valence-corrected chi connectivity index (χ1v) is 6.90. The highest BCUT2D eigenvalue weighted by Crippen LogP contribution is 2.19. The number of para-hydroxylation sites is 1. The van der Waals surface area contributed by atoms with Crippen LogP contribution < -0.4 is 5.32 Å². The number of rotatable bonds is 5. The summed E-state index contributed by atoms with van der Waals surface area (Å²) in [6, 6.07) is 8.46. The molecule has 0 unspecified atom stereocenters. The highest BCUT2D eigenvalue weighted by molar-refractivity contribution is 7.09. The molecule has 0 saturated carbocycles. The molecule has 1 aromatic carbocycles. The topological polar surface area (TPSA) is 28.2 Å². The summed E-state index contributed by atoms with van der Waals surface area (Å²) in [6.07, 6.45) is 0. The summed E-state index contributed by atoms with van der Waals surface area (Å²) in [5.41, 5.74) is 5.55. The lowest BCUT2D eigenvalue weighted by atomic mass is 10.1. The molecular weight excluding hydrogens is 242 g/mol. The summed E-state index contributed by atoms with van der Waals surface area (Å²) in [7, 11) is 4.17. The molecule has 0 radical (unpaired) electrons. The third kappa shape index (κ3) is 3.31. The van der Waals surface area contributed by atoms with Crippen LogP contribution in [0.25, 0.3) is 0 Å². The van der Waals surface area contributed by atoms with E-state index in [-0.39, 0.29) is 0 Å². The summed E-state index contributed by atoms with van der Waals surface area (Å²) in [4.78, 5) is 7.75. The number of hydrogen-bond acceptors (Lipinski definition) is 4. The Bertz CT molecular complexity index is 505. The van der Waals surface area contributed by atoms with Crippen molar-refractivity contribution in [3.05, 3.63) is 45.9 Å². The zero-order valence-corrected chi connectivity index (χ0v) is 11.9. The SMILES string of the molecule is Cc1ncsc1CNc1ccccc1CN(C)C. The second-order valence-corrected chi connectivity index (χ2v) is 5.55. The predicted molar refractivity (Wildman–Crippen MR) is 78.0 cm³/mol. The van der Waals surface area contributed by atoms with Crippen molar-refractivity contribution in [2.45, 2.75) is 20.0 Å². The van der Waals surface area contributed by atoms with Crippen LogP contribution in [-0.4, -0.2) is 24.0 Å². The van der Waals surface area contributed by atoms with E-state index in [4.69, 9.17) is 0 Å². The summed E-state index contributed by atoms with van der Waals surface area (Å²) < 4.78 is 0. The summed E-state index contributed by atoms with van der Waals surface area (Å²) in [6.45, 7) is 3.85. The molecule has 0 atom stereocenters. The number of thiazole rings is 1. The van der Waals surface area contributed by atoms with Crippen LogP contribution in [0.3, 0.4) is 0 Å². The maximum Gasteiger partial charge on any atom is 0.0798 e. The lowest BCUT2D eigenvalue weighted by Crippen LogP contribution is -2.12. The molecule has 0 amide bonds. The molecule has 0 fully saturated rings. The van der Waals surface area contributed by atoms with E-state index in [2.05, 4.69) is 60.5 Å². The number of nitrogens with zero attached hydrogens (tertiary/aromatic N) is 2. The minimum absolute atomic E-state index is 0.848. The van der Waals surface area contributed by atoms with Crippen LogP contribution in [0.15, 0.2) is 29.8 Å². The molecule has 0 aliphatic rings. The monoisotopic (exact) mass is 261 g/mol. The number of aromatic nitrogens is 1. The van der Waals surface area contributed by atoms with Crippen molar-refractivity contribution in [2.24, 2.45) is 0 Å². The second kappa shape index (κ2) is 5.98. The molecule has 2 rings (SSSR count). The van der Waals surface area contributed by atoms with E-state index < -0.39 is 0 Å². The Labute approximate surface area is 112 Å². The average Bonchev–Trinajstić information content (AvgIpc) is 2.73. The van der Waals surface area contributed by atoms with Crippen LogP contribution in [0.1, 0.15) is 16.1 Å². The molecular formula is C14H19N3S. The van der Waals surface area contributed by atoms with Gasteiger partial charge in [-0.1, -0.05) is 18.2 Å². The van der Waals surface area contributed by atoms with Crippen molar-refractivity contribution in [3.63, 3.8) is 0 Å². The normalized spacial score (nSPS) is 10.9. The maximum atomic E-state index is 4.27. The van der Waals surface area contributed by atoms with E-state index in [1.165, 1.54) is 16.1 Å². The molecule has 0 spiro atoms. The Morgan fingerprint density at radius 1 is 1.28 bits per heavy atom. The molecule has 1 N–H and O–H groups in total. The highest BCUT2D eigenvalue weighted by atomic mass is 32.1. The van der Waals surface area contributed by atoms with E-state index in [1.54, 1.807) is 11.3 Å². The molecule has 0 bridgehead atoms. The van der Waals surface area contributed by atoms with Gasteiger partial charge in [-0.3, -0.25) is 0 Å². The smallest absolute Gasteiger partial charge is 0.0798 e. The fraction of sp³-hybridized carbons (Fsp3) is 0.357. The molecule has 2 aromatic rings. The average molecular weight is 261 g/mol. The van der Waals surface area contributed by atoms with Crippen LogP contribution in [0, 0.1) is 6.92 Å². The summed E-state index contributed by atoms with van der Waals surface area (Å²) in [5, 5.41) is 3.51. The zero-order valence-electron chi connectivity index (χ0n) is 11.1. The van der Waals surface area contributed by atoms with Gasteiger partial charge in [0.1, 0.15) is 0 Å². The first-order chi connectivity index (χ1) is 8.66. The lowest BCUT2D eigenvalue weighted by Gasteiger charge is -2.15. The van der Waals surface area contributed by atoms with Gasteiger partial charge in [-0.2, -0.15) is 0 Å². The molecule has 0 saturated heterocycles. The number of anilines is 1. The zero-order chi connectivity index (χ0) is 13.0. The Morgan fingerprint density at radius 2 is 2.06 bits per heavy atom. The molecule has 0 aliphatic carbocycles. The van der Waals surface area contributed by atoms with Crippen molar-refractivity contribution >= 4 is 17.0 Å². The van der Waals surface area contributed by atoms with E-state index in [9.17, 15) is 0 Å². The maximum absolute atomic E-state index is 4.27. The van der Waals surface area contributed by atoms with Gasteiger partial charge in [0.05, 0.1) is 17.7 Å². The number of hydrogen-bond donors (Lipinski definition) is 1. The molecule has 1 aromatic heterocycles.